The summed E-state index contributed by atoms with van der Waals surface area (Å²) < 4.78 is 39.7. The lowest BCUT2D eigenvalue weighted by Crippen LogP contribution is -2.38. The lowest BCUT2D eigenvalue weighted by molar-refractivity contribution is -0.0661. The third-order valence-electron chi connectivity index (χ3n) is 1.03. The molecule has 3 N–H and O–H groups in total. The van der Waals surface area contributed by atoms with Crippen molar-refractivity contribution in [3.05, 3.63) is 0 Å². The molecule has 7 heteroatoms. The minimum Gasteiger partial charge on any atom is -0.437 e. The van der Waals surface area contributed by atoms with E-state index in [4.69, 9.17) is 5.11 Å². The van der Waals surface area contributed by atoms with Gasteiger partial charge in [0.05, 0.1) is 6.61 Å². The van der Waals surface area contributed by atoms with Crippen LogP contribution in [0.1, 0.15) is 0 Å². The molecule has 0 rings (SSSR count). The van der Waals surface area contributed by atoms with Gasteiger partial charge in [0.25, 0.3) is 6.43 Å². The van der Waals surface area contributed by atoms with E-state index in [0.717, 1.165) is 0 Å². The van der Waals surface area contributed by atoms with Crippen LogP contribution < -0.4 is 5.73 Å². The lowest BCUT2D eigenvalue weighted by atomic mass is 10.2. The van der Waals surface area contributed by atoms with Crippen LogP contribution in [0.4, 0.5) is 18.0 Å². The normalized spacial score (nSPS) is 15.8. The van der Waals surface area contributed by atoms with Crippen molar-refractivity contribution in [1.29, 1.82) is 0 Å². The van der Waals surface area contributed by atoms with Crippen LogP contribution in [0.3, 0.4) is 0 Å². The monoisotopic (exact) mass is 187 g/mol. The topological polar surface area (TPSA) is 72.6 Å². The Hall–Kier alpha value is -0.980. The number of ether oxygens (including phenoxy) is 1. The number of amides is 1. The third kappa shape index (κ3) is 3.42. The molecule has 0 aliphatic rings. The maximum absolute atomic E-state index is 12.3. The molecule has 0 saturated carbocycles. The Labute approximate surface area is 66.1 Å². The molecule has 0 aromatic heterocycles. The van der Waals surface area contributed by atoms with E-state index in [9.17, 15) is 18.0 Å². The van der Waals surface area contributed by atoms with Crippen LogP contribution in [-0.4, -0.2) is 36.5 Å². The summed E-state index contributed by atoms with van der Waals surface area (Å²) in [4.78, 5) is 9.95. The van der Waals surface area contributed by atoms with Crippen LogP contribution in [-0.2, 0) is 4.74 Å². The first-order valence-corrected chi connectivity index (χ1v) is 2.98. The number of hydrogen-bond acceptors (Lipinski definition) is 3. The van der Waals surface area contributed by atoms with E-state index < -0.39 is 31.4 Å². The molecule has 2 unspecified atom stereocenters. The SMILES string of the molecule is NC(=O)OC(C(F)F)C(F)CO. The molecule has 0 saturated heterocycles. The quantitative estimate of drug-likeness (QED) is 0.652. The van der Waals surface area contributed by atoms with Gasteiger partial charge in [-0.25, -0.2) is 18.0 Å². The Bertz CT molecular complexity index is 155. The van der Waals surface area contributed by atoms with E-state index >= 15 is 0 Å². The summed E-state index contributed by atoms with van der Waals surface area (Å²) in [6, 6.07) is 0. The number of primary amides is 1. The van der Waals surface area contributed by atoms with Gasteiger partial charge in [0.1, 0.15) is 0 Å². The van der Waals surface area contributed by atoms with Crippen molar-refractivity contribution in [2.24, 2.45) is 5.73 Å². The number of rotatable bonds is 4. The highest BCUT2D eigenvalue weighted by atomic mass is 19.3. The van der Waals surface area contributed by atoms with Crippen LogP contribution >= 0.6 is 0 Å². The average Bonchev–Trinajstić information content (AvgIpc) is 1.98. The summed E-state index contributed by atoms with van der Waals surface area (Å²) in [5, 5.41) is 8.13. The van der Waals surface area contributed by atoms with Gasteiger partial charge in [0, 0.05) is 0 Å². The van der Waals surface area contributed by atoms with E-state index in [2.05, 4.69) is 10.5 Å². The van der Waals surface area contributed by atoms with Gasteiger partial charge < -0.3 is 15.6 Å². The predicted octanol–water partition coefficient (Wildman–Crippen LogP) is 0.0458. The fourth-order valence-corrected chi connectivity index (χ4v) is 0.521. The third-order valence-corrected chi connectivity index (χ3v) is 1.03. The molecule has 72 valence electrons. The van der Waals surface area contributed by atoms with Gasteiger partial charge in [-0.1, -0.05) is 0 Å². The molecular formula is C5H8F3NO3. The first-order chi connectivity index (χ1) is 5.49. The Balaban J connectivity index is 4.12. The Kier molecular flexibility index (Phi) is 4.42. The summed E-state index contributed by atoms with van der Waals surface area (Å²) in [7, 11) is 0. The Morgan fingerprint density at radius 1 is 1.50 bits per heavy atom. The minimum absolute atomic E-state index is 1.15. The van der Waals surface area contributed by atoms with Crippen molar-refractivity contribution < 1.29 is 27.8 Å². The van der Waals surface area contributed by atoms with Gasteiger partial charge in [-0.3, -0.25) is 0 Å². The molecular weight excluding hydrogens is 179 g/mol. The van der Waals surface area contributed by atoms with Gasteiger partial charge in [0.15, 0.2) is 12.3 Å². The zero-order valence-corrected chi connectivity index (χ0v) is 5.91. The van der Waals surface area contributed by atoms with E-state index in [-0.39, 0.29) is 0 Å². The Morgan fingerprint density at radius 3 is 2.25 bits per heavy atom. The van der Waals surface area contributed by atoms with E-state index in [1.165, 1.54) is 0 Å². The fraction of sp³-hybridized carbons (Fsp3) is 0.800. The molecule has 0 aromatic rings. The first-order valence-electron chi connectivity index (χ1n) is 2.98. The second-order valence-corrected chi connectivity index (χ2v) is 1.93. The van der Waals surface area contributed by atoms with Crippen LogP contribution in [0.2, 0.25) is 0 Å². The molecule has 4 nitrogen and oxygen atoms in total. The summed E-state index contributed by atoms with van der Waals surface area (Å²) in [5.41, 5.74) is 4.38. The van der Waals surface area contributed by atoms with Crippen molar-refractivity contribution in [2.75, 3.05) is 6.61 Å². The number of aliphatic hydroxyl groups is 1. The molecule has 0 aromatic carbocycles. The molecule has 0 bridgehead atoms. The second kappa shape index (κ2) is 4.81. The molecule has 0 fully saturated rings. The minimum atomic E-state index is -3.21. The zero-order chi connectivity index (χ0) is 9.72. The number of halogens is 3. The number of nitrogens with two attached hydrogens (primary N) is 1. The van der Waals surface area contributed by atoms with E-state index in [0.29, 0.717) is 0 Å². The zero-order valence-electron chi connectivity index (χ0n) is 5.91. The highest BCUT2D eigenvalue weighted by Crippen LogP contribution is 2.12. The maximum atomic E-state index is 12.3. The van der Waals surface area contributed by atoms with Crippen molar-refractivity contribution in [3.8, 4) is 0 Å². The smallest absolute Gasteiger partial charge is 0.405 e. The highest BCUT2D eigenvalue weighted by molar-refractivity contribution is 5.64. The first kappa shape index (κ1) is 11.0. The summed E-state index contributed by atoms with van der Waals surface area (Å²) in [5.74, 6) is 0. The highest BCUT2D eigenvalue weighted by Gasteiger charge is 2.32. The van der Waals surface area contributed by atoms with Crippen LogP contribution in [0.5, 0.6) is 0 Å². The van der Waals surface area contributed by atoms with Gasteiger partial charge in [-0.2, -0.15) is 0 Å². The van der Waals surface area contributed by atoms with Gasteiger partial charge in [-0.15, -0.1) is 0 Å². The largest absolute Gasteiger partial charge is 0.437 e. The molecule has 0 aliphatic carbocycles. The van der Waals surface area contributed by atoms with Crippen molar-refractivity contribution >= 4 is 6.09 Å². The van der Waals surface area contributed by atoms with Gasteiger partial charge in [-0.05, 0) is 0 Å². The number of carbonyl (C=O) groups excluding carboxylic acids is 1. The number of aliphatic hydroxyl groups excluding tert-OH is 1. The molecule has 0 radical (unpaired) electrons. The van der Waals surface area contributed by atoms with Crippen molar-refractivity contribution in [3.63, 3.8) is 0 Å². The fourth-order valence-electron chi connectivity index (χ4n) is 0.521. The molecule has 0 heterocycles. The lowest BCUT2D eigenvalue weighted by Gasteiger charge is -2.17. The molecule has 12 heavy (non-hydrogen) atoms. The average molecular weight is 187 g/mol. The summed E-state index contributed by atoms with van der Waals surface area (Å²) in [6.07, 6.45) is -9.33. The molecule has 0 spiro atoms. The summed E-state index contributed by atoms with van der Waals surface area (Å²) >= 11 is 0. The second-order valence-electron chi connectivity index (χ2n) is 1.93. The van der Waals surface area contributed by atoms with Crippen LogP contribution in [0.15, 0.2) is 0 Å². The maximum Gasteiger partial charge on any atom is 0.405 e. The van der Waals surface area contributed by atoms with E-state index in [1.807, 2.05) is 0 Å². The Morgan fingerprint density at radius 2 is 2.00 bits per heavy atom. The standard InChI is InChI=1S/C5H8F3NO3/c6-2(1-10)3(4(7)8)12-5(9)11/h2-4,10H,1H2,(H2,9,11). The van der Waals surface area contributed by atoms with Crippen LogP contribution in [0, 0.1) is 0 Å². The molecule has 1 amide bonds. The van der Waals surface area contributed by atoms with Crippen molar-refractivity contribution in [1.82, 2.24) is 0 Å². The number of hydrogen-bond donors (Lipinski definition) is 2. The van der Waals surface area contributed by atoms with Gasteiger partial charge >= 0.3 is 6.09 Å². The van der Waals surface area contributed by atoms with E-state index in [1.54, 1.807) is 0 Å². The molecule has 0 aliphatic heterocycles. The number of alkyl halides is 3. The predicted molar refractivity (Wildman–Crippen MR) is 32.4 cm³/mol. The molecule has 2 atom stereocenters. The van der Waals surface area contributed by atoms with Crippen molar-refractivity contribution in [2.45, 2.75) is 18.7 Å². The van der Waals surface area contributed by atoms with Crippen LogP contribution in [0.25, 0.3) is 0 Å². The van der Waals surface area contributed by atoms with Gasteiger partial charge in [0.2, 0.25) is 0 Å². The number of carbonyl (C=O) groups is 1. The summed E-state index contributed by atoms with van der Waals surface area (Å²) in [6.45, 7) is -1.15.